The Hall–Kier alpha value is -2.78. The standard InChI is InChI=1S/C23H35N5O4/c1-17(10-11-21(30)26-16-29)28-15-19-18(23(28)32)7-5-8-20(19)27-22(31)9-3-4-13-25-14-6-12-24-2/h5,7-8,16-17,24-25H,3-4,6,9-15H2,1-2H3,(H,27,31)(H,26,29,30). The molecule has 176 valence electrons. The van der Waals surface area contributed by atoms with Crippen molar-refractivity contribution in [2.75, 3.05) is 32.0 Å². The van der Waals surface area contributed by atoms with Crippen molar-refractivity contribution in [1.29, 1.82) is 0 Å². The van der Waals surface area contributed by atoms with Crippen LogP contribution in [0.5, 0.6) is 0 Å². The maximum atomic E-state index is 12.8. The molecule has 9 nitrogen and oxygen atoms in total. The van der Waals surface area contributed by atoms with Crippen LogP contribution < -0.4 is 21.3 Å². The van der Waals surface area contributed by atoms with E-state index in [2.05, 4.69) is 21.3 Å². The van der Waals surface area contributed by atoms with Crippen molar-refractivity contribution < 1.29 is 19.2 Å². The molecule has 0 spiro atoms. The summed E-state index contributed by atoms with van der Waals surface area (Å²) in [5.41, 5.74) is 2.05. The van der Waals surface area contributed by atoms with Crippen LogP contribution in [0.25, 0.3) is 0 Å². The second-order valence-electron chi connectivity index (χ2n) is 8.05. The van der Waals surface area contributed by atoms with Gasteiger partial charge in [-0.3, -0.25) is 24.5 Å². The number of rotatable bonds is 15. The molecule has 0 aromatic heterocycles. The summed E-state index contributed by atoms with van der Waals surface area (Å²) in [5, 5.41) is 11.5. The molecule has 1 aliphatic heterocycles. The quantitative estimate of drug-likeness (QED) is 0.239. The number of amides is 4. The molecule has 2 rings (SSSR count). The van der Waals surface area contributed by atoms with E-state index in [1.54, 1.807) is 17.0 Å². The largest absolute Gasteiger partial charge is 0.331 e. The number of hydrogen-bond donors (Lipinski definition) is 4. The number of unbranched alkanes of at least 4 members (excludes halogenated alkanes) is 1. The molecule has 0 radical (unpaired) electrons. The average Bonchev–Trinajstić information content (AvgIpc) is 3.12. The first kappa shape index (κ1) is 25.5. The maximum Gasteiger partial charge on any atom is 0.254 e. The number of nitrogens with zero attached hydrogens (tertiary/aromatic N) is 1. The van der Waals surface area contributed by atoms with E-state index in [-0.39, 0.29) is 30.2 Å². The molecule has 1 aromatic rings. The smallest absolute Gasteiger partial charge is 0.254 e. The summed E-state index contributed by atoms with van der Waals surface area (Å²) in [7, 11) is 1.94. The third-order valence-corrected chi connectivity index (χ3v) is 5.60. The normalized spacial score (nSPS) is 13.6. The van der Waals surface area contributed by atoms with Gasteiger partial charge < -0.3 is 20.9 Å². The van der Waals surface area contributed by atoms with E-state index in [4.69, 9.17) is 0 Å². The Bertz CT molecular complexity index is 799. The molecular weight excluding hydrogens is 410 g/mol. The van der Waals surface area contributed by atoms with Crippen LogP contribution in [0.2, 0.25) is 0 Å². The lowest BCUT2D eigenvalue weighted by atomic mass is 10.1. The highest BCUT2D eigenvalue weighted by Crippen LogP contribution is 2.31. The number of nitrogens with one attached hydrogen (secondary N) is 4. The van der Waals surface area contributed by atoms with E-state index in [9.17, 15) is 19.2 Å². The van der Waals surface area contributed by atoms with E-state index in [0.717, 1.165) is 44.5 Å². The van der Waals surface area contributed by atoms with Crippen molar-refractivity contribution in [3.05, 3.63) is 29.3 Å². The first-order chi connectivity index (χ1) is 15.5. The first-order valence-electron chi connectivity index (χ1n) is 11.3. The van der Waals surface area contributed by atoms with Crippen molar-refractivity contribution in [1.82, 2.24) is 20.9 Å². The van der Waals surface area contributed by atoms with E-state index >= 15 is 0 Å². The van der Waals surface area contributed by atoms with Gasteiger partial charge in [-0.1, -0.05) is 6.07 Å². The number of carbonyl (C=O) groups is 4. The minimum Gasteiger partial charge on any atom is -0.331 e. The molecule has 1 unspecified atom stereocenters. The summed E-state index contributed by atoms with van der Waals surface area (Å²) < 4.78 is 0. The van der Waals surface area contributed by atoms with Crippen LogP contribution in [-0.4, -0.2) is 61.8 Å². The second-order valence-corrected chi connectivity index (χ2v) is 8.05. The summed E-state index contributed by atoms with van der Waals surface area (Å²) in [4.78, 5) is 48.8. The predicted molar refractivity (Wildman–Crippen MR) is 123 cm³/mol. The lowest BCUT2D eigenvalue weighted by Crippen LogP contribution is -2.34. The summed E-state index contributed by atoms with van der Waals surface area (Å²) in [5.74, 6) is -0.529. The molecule has 1 aliphatic rings. The SMILES string of the molecule is CNCCCNCCCCC(=O)Nc1cccc2c1CN(C(C)CCC(=O)NC=O)C2=O. The highest BCUT2D eigenvalue weighted by atomic mass is 16.2. The van der Waals surface area contributed by atoms with Gasteiger partial charge in [0.05, 0.1) is 0 Å². The Morgan fingerprint density at radius 2 is 1.88 bits per heavy atom. The van der Waals surface area contributed by atoms with Crippen LogP contribution in [0.1, 0.15) is 61.4 Å². The van der Waals surface area contributed by atoms with Crippen LogP contribution >= 0.6 is 0 Å². The average molecular weight is 446 g/mol. The zero-order valence-corrected chi connectivity index (χ0v) is 19.0. The minimum atomic E-state index is -0.364. The second kappa shape index (κ2) is 13.6. The van der Waals surface area contributed by atoms with Gasteiger partial charge in [-0.15, -0.1) is 0 Å². The topological polar surface area (TPSA) is 120 Å². The Labute approximate surface area is 189 Å². The van der Waals surface area contributed by atoms with Crippen LogP contribution in [0, 0.1) is 0 Å². The molecule has 0 saturated heterocycles. The zero-order chi connectivity index (χ0) is 23.3. The minimum absolute atomic E-state index is 0.0573. The maximum absolute atomic E-state index is 12.8. The highest BCUT2D eigenvalue weighted by molar-refractivity contribution is 6.02. The van der Waals surface area contributed by atoms with Crippen LogP contribution in [0.4, 0.5) is 5.69 Å². The summed E-state index contributed by atoms with van der Waals surface area (Å²) >= 11 is 0. The van der Waals surface area contributed by atoms with Gasteiger partial charge in [-0.05, 0) is 71.4 Å². The molecule has 32 heavy (non-hydrogen) atoms. The molecule has 4 N–H and O–H groups in total. The fourth-order valence-corrected chi connectivity index (χ4v) is 3.72. The fourth-order valence-electron chi connectivity index (χ4n) is 3.72. The van der Waals surface area contributed by atoms with E-state index in [1.165, 1.54) is 0 Å². The molecule has 9 heteroatoms. The molecular formula is C23H35N5O4. The molecule has 0 fully saturated rings. The van der Waals surface area contributed by atoms with Crippen LogP contribution in [-0.2, 0) is 20.9 Å². The third kappa shape index (κ3) is 7.72. The van der Waals surface area contributed by atoms with Gasteiger partial charge in [-0.25, -0.2) is 0 Å². The molecule has 0 saturated carbocycles. The number of fused-ring (bicyclic) bond motifs is 1. The molecule has 1 aromatic carbocycles. The lowest BCUT2D eigenvalue weighted by Gasteiger charge is -2.24. The molecule has 0 bridgehead atoms. The Balaban J connectivity index is 1.82. The molecule has 4 amide bonds. The highest BCUT2D eigenvalue weighted by Gasteiger charge is 2.32. The summed E-state index contributed by atoms with van der Waals surface area (Å²) in [6.07, 6.45) is 4.21. The van der Waals surface area contributed by atoms with Crippen LogP contribution in [0.3, 0.4) is 0 Å². The first-order valence-corrected chi connectivity index (χ1v) is 11.3. The molecule has 1 heterocycles. The number of anilines is 1. The number of hydrogen-bond acceptors (Lipinski definition) is 6. The van der Waals surface area contributed by atoms with Gasteiger partial charge in [0, 0.05) is 42.2 Å². The third-order valence-electron chi connectivity index (χ3n) is 5.60. The van der Waals surface area contributed by atoms with E-state index < -0.39 is 0 Å². The molecule has 0 aliphatic carbocycles. The van der Waals surface area contributed by atoms with Gasteiger partial charge >= 0.3 is 0 Å². The summed E-state index contributed by atoms with van der Waals surface area (Å²) in [6.45, 7) is 5.11. The van der Waals surface area contributed by atoms with Gasteiger partial charge in [0.1, 0.15) is 0 Å². The van der Waals surface area contributed by atoms with Crippen molar-refractivity contribution in [2.24, 2.45) is 0 Å². The summed E-state index contributed by atoms with van der Waals surface area (Å²) in [6, 6.07) is 5.18. The van der Waals surface area contributed by atoms with Gasteiger partial charge in [0.25, 0.3) is 5.91 Å². The van der Waals surface area contributed by atoms with E-state index in [0.29, 0.717) is 37.0 Å². The van der Waals surface area contributed by atoms with Gasteiger partial charge in [0.2, 0.25) is 18.2 Å². The van der Waals surface area contributed by atoms with Gasteiger partial charge in [0.15, 0.2) is 0 Å². The zero-order valence-electron chi connectivity index (χ0n) is 19.0. The van der Waals surface area contributed by atoms with E-state index in [1.807, 2.05) is 20.0 Å². The fraction of sp³-hybridized carbons (Fsp3) is 0.565. The lowest BCUT2D eigenvalue weighted by molar-refractivity contribution is -0.125. The number of benzene rings is 1. The Morgan fingerprint density at radius 1 is 1.09 bits per heavy atom. The van der Waals surface area contributed by atoms with Crippen molar-refractivity contribution in [3.63, 3.8) is 0 Å². The van der Waals surface area contributed by atoms with Crippen LogP contribution in [0.15, 0.2) is 18.2 Å². The monoisotopic (exact) mass is 445 g/mol. The Kier molecular flexibility index (Phi) is 10.8. The number of carbonyl (C=O) groups excluding carboxylic acids is 4. The Morgan fingerprint density at radius 3 is 2.62 bits per heavy atom. The molecule has 1 atom stereocenters. The predicted octanol–water partition coefficient (Wildman–Crippen LogP) is 1.39. The van der Waals surface area contributed by atoms with Crippen molar-refractivity contribution in [2.45, 2.75) is 58.0 Å². The van der Waals surface area contributed by atoms with Crippen molar-refractivity contribution >= 4 is 29.8 Å². The number of imide groups is 1. The van der Waals surface area contributed by atoms with Crippen molar-refractivity contribution in [3.8, 4) is 0 Å². The van der Waals surface area contributed by atoms with Gasteiger partial charge in [-0.2, -0.15) is 0 Å².